The predicted octanol–water partition coefficient (Wildman–Crippen LogP) is 1.74. The first-order valence-corrected chi connectivity index (χ1v) is 8.50. The van der Waals surface area contributed by atoms with Crippen molar-refractivity contribution in [3.63, 3.8) is 0 Å². The molecule has 0 aromatic heterocycles. The summed E-state index contributed by atoms with van der Waals surface area (Å²) in [5.41, 5.74) is 0. The number of nitriles is 2. The van der Waals surface area contributed by atoms with Gasteiger partial charge in [0.05, 0.1) is 0 Å². The molecule has 0 aliphatic rings. The molecule has 0 fully saturated rings. The van der Waals surface area contributed by atoms with Gasteiger partial charge in [0, 0.05) is 0 Å². The topological polar surface area (TPSA) is 47.6 Å². The Morgan fingerprint density at radius 3 is 2.58 bits per heavy atom. The zero-order valence-corrected chi connectivity index (χ0v) is 11.5. The molecule has 0 heterocycles. The fourth-order valence-corrected chi connectivity index (χ4v) is 4.44. The molecule has 0 bridgehead atoms. The average molecular weight is 359 g/mol. The van der Waals surface area contributed by atoms with E-state index in [0.29, 0.717) is 4.82 Å². The van der Waals surface area contributed by atoms with Crippen molar-refractivity contribution in [2.24, 2.45) is 0 Å². The van der Waals surface area contributed by atoms with Crippen molar-refractivity contribution >= 4 is 45.8 Å². The molecule has 0 aromatic carbocycles. The SMILES string of the molecule is N#C[Se]CC(CCCBr)[Se]C#N. The monoisotopic (exact) mass is 360 g/mol. The predicted molar refractivity (Wildman–Crippen MR) is 54.3 cm³/mol. The molecule has 0 aromatic rings. The molecule has 1 unspecified atom stereocenters. The second kappa shape index (κ2) is 9.59. The van der Waals surface area contributed by atoms with E-state index in [1.165, 1.54) is 0 Å². The van der Waals surface area contributed by atoms with E-state index in [9.17, 15) is 0 Å². The van der Waals surface area contributed by atoms with Crippen LogP contribution < -0.4 is 0 Å². The fraction of sp³-hybridized carbons (Fsp3) is 0.714. The van der Waals surface area contributed by atoms with E-state index in [1.54, 1.807) is 0 Å². The van der Waals surface area contributed by atoms with Crippen molar-refractivity contribution in [2.45, 2.75) is 23.0 Å². The van der Waals surface area contributed by atoms with Crippen LogP contribution in [0.25, 0.3) is 0 Å². The molecule has 0 saturated carbocycles. The van der Waals surface area contributed by atoms with Gasteiger partial charge in [-0.25, -0.2) is 0 Å². The summed E-state index contributed by atoms with van der Waals surface area (Å²) in [4.78, 5) is 4.93. The Kier molecular flexibility index (Phi) is 9.98. The maximum absolute atomic E-state index is 8.53. The molecule has 0 aliphatic carbocycles. The van der Waals surface area contributed by atoms with Crippen molar-refractivity contribution in [2.75, 3.05) is 5.33 Å². The molecular weight excluding hydrogens is 350 g/mol. The Labute approximate surface area is 94.1 Å². The molecule has 1 atom stereocenters. The van der Waals surface area contributed by atoms with Gasteiger partial charge < -0.3 is 0 Å². The number of halogens is 1. The third-order valence-corrected chi connectivity index (χ3v) is 6.07. The van der Waals surface area contributed by atoms with E-state index >= 15 is 0 Å². The van der Waals surface area contributed by atoms with Gasteiger partial charge in [-0.15, -0.1) is 0 Å². The van der Waals surface area contributed by atoms with Gasteiger partial charge in [0.2, 0.25) is 0 Å². The van der Waals surface area contributed by atoms with Crippen LogP contribution in [-0.4, -0.2) is 35.2 Å². The number of hydrogen-bond donors (Lipinski definition) is 0. The fourth-order valence-electron chi connectivity index (χ4n) is 0.686. The van der Waals surface area contributed by atoms with Crippen molar-refractivity contribution in [1.82, 2.24) is 0 Å². The number of rotatable bonds is 6. The van der Waals surface area contributed by atoms with Gasteiger partial charge in [0.1, 0.15) is 0 Å². The summed E-state index contributed by atoms with van der Waals surface area (Å²) in [6, 6.07) is 0. The first kappa shape index (κ1) is 12.5. The summed E-state index contributed by atoms with van der Waals surface area (Å²) in [7, 11) is 0. The molecule has 5 heteroatoms. The molecule has 0 amide bonds. The summed E-state index contributed by atoms with van der Waals surface area (Å²) in [6.07, 6.45) is 2.22. The van der Waals surface area contributed by atoms with Crippen LogP contribution in [0.4, 0.5) is 0 Å². The molecule has 0 aliphatic heterocycles. The second-order valence-electron chi connectivity index (χ2n) is 2.06. The summed E-state index contributed by atoms with van der Waals surface area (Å²) in [6.45, 7) is 0. The van der Waals surface area contributed by atoms with Gasteiger partial charge in [0.15, 0.2) is 0 Å². The molecule has 2 nitrogen and oxygen atoms in total. The van der Waals surface area contributed by atoms with E-state index in [4.69, 9.17) is 10.5 Å². The number of alkyl halides is 1. The Balaban J connectivity index is 3.57. The molecule has 66 valence electrons. The van der Waals surface area contributed by atoms with Gasteiger partial charge in [0.25, 0.3) is 0 Å². The van der Waals surface area contributed by atoms with Gasteiger partial charge >= 0.3 is 94.6 Å². The quantitative estimate of drug-likeness (QED) is 0.536. The van der Waals surface area contributed by atoms with E-state index in [1.807, 2.05) is 0 Å². The third-order valence-electron chi connectivity index (χ3n) is 1.21. The second-order valence-corrected chi connectivity index (χ2v) is 6.82. The van der Waals surface area contributed by atoms with E-state index in [0.717, 1.165) is 23.5 Å². The van der Waals surface area contributed by atoms with Crippen LogP contribution in [0.2, 0.25) is 10.1 Å². The minimum atomic E-state index is 0.0841. The summed E-state index contributed by atoms with van der Waals surface area (Å²) in [5, 5.41) is 18.9. The summed E-state index contributed by atoms with van der Waals surface area (Å²) in [5.74, 6) is 0. The number of nitrogens with zero attached hydrogens (tertiary/aromatic N) is 2. The molecule has 0 spiro atoms. The van der Waals surface area contributed by atoms with Crippen molar-refractivity contribution in [1.29, 1.82) is 10.5 Å². The molecule has 0 rings (SSSR count). The normalized spacial score (nSPS) is 11.6. The van der Waals surface area contributed by atoms with E-state index in [-0.39, 0.29) is 29.9 Å². The van der Waals surface area contributed by atoms with Crippen LogP contribution in [0, 0.1) is 20.5 Å². The van der Waals surface area contributed by atoms with Crippen LogP contribution in [0.3, 0.4) is 0 Å². The van der Waals surface area contributed by atoms with Gasteiger partial charge in [-0.1, -0.05) is 0 Å². The van der Waals surface area contributed by atoms with Gasteiger partial charge in [-0.05, 0) is 0 Å². The van der Waals surface area contributed by atoms with E-state index in [2.05, 4.69) is 25.9 Å². The van der Waals surface area contributed by atoms with Crippen molar-refractivity contribution in [3.05, 3.63) is 0 Å². The van der Waals surface area contributed by atoms with Crippen LogP contribution in [0.5, 0.6) is 0 Å². The third kappa shape index (κ3) is 7.16. The molecule has 0 radical (unpaired) electrons. The molecule has 0 saturated heterocycles. The zero-order valence-electron chi connectivity index (χ0n) is 6.49. The Bertz CT molecular complexity index is 185. The first-order valence-electron chi connectivity index (χ1n) is 3.46. The van der Waals surface area contributed by atoms with E-state index < -0.39 is 0 Å². The Hall–Kier alpha value is 0.499. The standard InChI is InChI=1S/C7H9BrN2Se2/c8-3-1-2-7(12-6-10)4-11-5-9/h7H,1-4H2. The maximum atomic E-state index is 8.53. The minimum absolute atomic E-state index is 0.0841. The first-order chi connectivity index (χ1) is 5.85. The Morgan fingerprint density at radius 1 is 1.33 bits per heavy atom. The van der Waals surface area contributed by atoms with Crippen LogP contribution >= 0.6 is 15.9 Å². The van der Waals surface area contributed by atoms with Crippen LogP contribution in [-0.2, 0) is 0 Å². The molecular formula is C7H9BrN2Se2. The zero-order chi connectivity index (χ0) is 9.23. The van der Waals surface area contributed by atoms with Crippen LogP contribution in [0.15, 0.2) is 0 Å². The summed E-state index contributed by atoms with van der Waals surface area (Å²) >= 11 is 3.54. The van der Waals surface area contributed by atoms with Crippen molar-refractivity contribution in [3.8, 4) is 9.94 Å². The Morgan fingerprint density at radius 2 is 2.08 bits per heavy atom. The molecule has 12 heavy (non-hydrogen) atoms. The van der Waals surface area contributed by atoms with Crippen LogP contribution in [0.1, 0.15) is 12.8 Å². The van der Waals surface area contributed by atoms with Gasteiger partial charge in [-0.3, -0.25) is 0 Å². The van der Waals surface area contributed by atoms with Gasteiger partial charge in [-0.2, -0.15) is 0 Å². The molecule has 0 N–H and O–H groups in total. The van der Waals surface area contributed by atoms with Crippen molar-refractivity contribution < 1.29 is 0 Å². The summed E-state index contributed by atoms with van der Waals surface area (Å²) < 4.78 is 0. The number of hydrogen-bond acceptors (Lipinski definition) is 2. The average Bonchev–Trinajstić information content (AvgIpc) is 2.10.